The quantitative estimate of drug-likeness (QED) is 0.455. The summed E-state index contributed by atoms with van der Waals surface area (Å²) in [6, 6.07) is 10.7. The van der Waals surface area contributed by atoms with Gasteiger partial charge in [-0.25, -0.2) is 9.78 Å². The molecule has 9 heteroatoms. The minimum Gasteiger partial charge on any atom is -0.492 e. The highest BCUT2D eigenvalue weighted by Gasteiger charge is 2.18. The number of carbonyl (C=O) groups excluding carboxylic acids is 2. The van der Waals surface area contributed by atoms with Crippen molar-refractivity contribution in [2.24, 2.45) is 0 Å². The zero-order chi connectivity index (χ0) is 22.8. The van der Waals surface area contributed by atoms with Crippen molar-refractivity contribution in [1.82, 2.24) is 15.2 Å². The first-order valence-electron chi connectivity index (χ1n) is 10.8. The second-order valence-corrected chi connectivity index (χ2v) is 7.83. The molecule has 0 atom stereocenters. The summed E-state index contributed by atoms with van der Waals surface area (Å²) in [5.74, 6) is 1.16. The summed E-state index contributed by atoms with van der Waals surface area (Å²) < 4.78 is 10.6. The average Bonchev–Trinajstić information content (AvgIpc) is 3.04. The number of rotatable bonds is 9. The van der Waals surface area contributed by atoms with E-state index in [9.17, 15) is 9.59 Å². The summed E-state index contributed by atoms with van der Waals surface area (Å²) in [6.45, 7) is 6.51. The Labute approximate surface area is 193 Å². The lowest BCUT2D eigenvalue weighted by Crippen LogP contribution is -2.40. The van der Waals surface area contributed by atoms with Crippen molar-refractivity contribution in [3.63, 3.8) is 0 Å². The largest absolute Gasteiger partial charge is 0.492 e. The number of hydrogen-bond acceptors (Lipinski definition) is 7. The number of amides is 1. The molecule has 172 valence electrons. The Bertz CT molecular complexity index is 877. The molecule has 3 rings (SSSR count). The van der Waals surface area contributed by atoms with Crippen LogP contribution in [0.3, 0.4) is 0 Å². The minimum absolute atomic E-state index is 0.0185. The van der Waals surface area contributed by atoms with Crippen molar-refractivity contribution >= 4 is 29.3 Å². The Kier molecular flexibility index (Phi) is 9.13. The second kappa shape index (κ2) is 12.3. The number of carbonyl (C=O) groups is 2. The summed E-state index contributed by atoms with van der Waals surface area (Å²) >= 11 is 5.85. The molecule has 2 heterocycles. The zero-order valence-electron chi connectivity index (χ0n) is 18.3. The maximum atomic E-state index is 12.3. The van der Waals surface area contributed by atoms with Crippen molar-refractivity contribution in [3.05, 3.63) is 53.2 Å². The first-order chi connectivity index (χ1) is 15.5. The van der Waals surface area contributed by atoms with Crippen molar-refractivity contribution in [1.29, 1.82) is 0 Å². The van der Waals surface area contributed by atoms with E-state index >= 15 is 0 Å². The van der Waals surface area contributed by atoms with Crippen LogP contribution in [0.4, 0.5) is 5.82 Å². The van der Waals surface area contributed by atoms with Crippen LogP contribution in [0, 0.1) is 0 Å². The number of nitrogens with one attached hydrogen (secondary N) is 1. The van der Waals surface area contributed by atoms with E-state index in [4.69, 9.17) is 21.1 Å². The van der Waals surface area contributed by atoms with Gasteiger partial charge >= 0.3 is 5.97 Å². The molecule has 0 radical (unpaired) electrons. The molecule has 1 saturated heterocycles. The van der Waals surface area contributed by atoms with Crippen LogP contribution in [0.2, 0.25) is 5.02 Å². The summed E-state index contributed by atoms with van der Waals surface area (Å²) in [7, 11) is 0. The number of anilines is 1. The summed E-state index contributed by atoms with van der Waals surface area (Å²) in [5.41, 5.74) is 0.448. The number of benzene rings is 1. The number of aromatic nitrogens is 1. The van der Waals surface area contributed by atoms with E-state index in [1.165, 1.54) is 0 Å². The monoisotopic (exact) mass is 460 g/mol. The highest BCUT2D eigenvalue weighted by atomic mass is 35.5. The highest BCUT2D eigenvalue weighted by Crippen LogP contribution is 2.16. The van der Waals surface area contributed by atoms with Gasteiger partial charge in [0, 0.05) is 37.4 Å². The van der Waals surface area contributed by atoms with E-state index in [2.05, 4.69) is 20.1 Å². The van der Waals surface area contributed by atoms with Gasteiger partial charge in [-0.3, -0.25) is 9.69 Å². The molecular weight excluding hydrogens is 432 g/mol. The van der Waals surface area contributed by atoms with E-state index in [1.807, 2.05) is 6.07 Å². The Hall–Kier alpha value is -2.84. The average molecular weight is 461 g/mol. The van der Waals surface area contributed by atoms with E-state index in [1.54, 1.807) is 43.5 Å². The van der Waals surface area contributed by atoms with Crippen LogP contribution in [-0.4, -0.2) is 74.2 Å². The molecule has 32 heavy (non-hydrogen) atoms. The Morgan fingerprint density at radius 2 is 1.91 bits per heavy atom. The van der Waals surface area contributed by atoms with E-state index in [0.29, 0.717) is 36.9 Å². The zero-order valence-corrected chi connectivity index (χ0v) is 19.0. The lowest BCUT2D eigenvalue weighted by atomic mass is 10.2. The van der Waals surface area contributed by atoms with Gasteiger partial charge in [0.1, 0.15) is 18.2 Å². The normalized spacial score (nSPS) is 14.5. The number of pyridine rings is 1. The molecule has 8 nitrogen and oxygen atoms in total. The number of hydrogen-bond donors (Lipinski definition) is 1. The summed E-state index contributed by atoms with van der Waals surface area (Å²) in [6.07, 6.45) is 2.48. The predicted octanol–water partition coefficient (Wildman–Crippen LogP) is 2.62. The molecule has 1 fully saturated rings. The minimum atomic E-state index is -0.363. The smallest absolute Gasteiger partial charge is 0.339 e. The lowest BCUT2D eigenvalue weighted by Gasteiger charge is -2.22. The van der Waals surface area contributed by atoms with Crippen LogP contribution in [-0.2, 0) is 9.53 Å². The molecule has 0 saturated carbocycles. The summed E-state index contributed by atoms with van der Waals surface area (Å²) in [4.78, 5) is 32.8. The van der Waals surface area contributed by atoms with Crippen LogP contribution >= 0.6 is 11.6 Å². The fraction of sp³-hybridized carbons (Fsp3) is 0.435. The fourth-order valence-electron chi connectivity index (χ4n) is 3.42. The Balaban J connectivity index is 1.38. The van der Waals surface area contributed by atoms with Gasteiger partial charge in [0.05, 0.1) is 25.3 Å². The van der Waals surface area contributed by atoms with Gasteiger partial charge in [-0.05, 0) is 49.7 Å². The maximum absolute atomic E-state index is 12.3. The SMILES string of the molecule is CCOC(=O)c1ccc(N2CCCN(CC(=O)NCCOc3ccc(Cl)cc3)CC2)nc1. The van der Waals surface area contributed by atoms with Crippen LogP contribution in [0.15, 0.2) is 42.6 Å². The first-order valence-corrected chi connectivity index (χ1v) is 11.2. The molecule has 1 aromatic heterocycles. The number of halogens is 1. The Morgan fingerprint density at radius 1 is 1.09 bits per heavy atom. The van der Waals surface area contributed by atoms with E-state index in [0.717, 1.165) is 44.2 Å². The van der Waals surface area contributed by atoms with Gasteiger partial charge in [-0.1, -0.05) is 11.6 Å². The maximum Gasteiger partial charge on any atom is 0.339 e. The molecule has 0 aliphatic carbocycles. The van der Waals surface area contributed by atoms with Gasteiger partial charge in [0.15, 0.2) is 0 Å². The van der Waals surface area contributed by atoms with Gasteiger partial charge in [-0.2, -0.15) is 0 Å². The van der Waals surface area contributed by atoms with Crippen molar-refractivity contribution in [2.75, 3.05) is 57.4 Å². The standard InChI is InChI=1S/C23H29ClN4O4/c1-2-31-23(30)18-4-9-21(26-16-18)28-12-3-11-27(13-14-28)17-22(29)25-10-15-32-20-7-5-19(24)6-8-20/h4-9,16H,2-3,10-15,17H2,1H3,(H,25,29). The molecule has 0 bridgehead atoms. The molecule has 1 aliphatic heterocycles. The van der Waals surface area contributed by atoms with E-state index in [-0.39, 0.29) is 11.9 Å². The third-order valence-electron chi connectivity index (χ3n) is 5.05. The third-order valence-corrected chi connectivity index (χ3v) is 5.30. The number of nitrogens with zero attached hydrogens (tertiary/aromatic N) is 3. The van der Waals surface area contributed by atoms with Gasteiger partial charge in [-0.15, -0.1) is 0 Å². The van der Waals surface area contributed by atoms with Gasteiger partial charge < -0.3 is 19.7 Å². The molecule has 0 unspecified atom stereocenters. The van der Waals surface area contributed by atoms with E-state index < -0.39 is 0 Å². The van der Waals surface area contributed by atoms with Gasteiger partial charge in [0.25, 0.3) is 0 Å². The lowest BCUT2D eigenvalue weighted by molar-refractivity contribution is -0.122. The van der Waals surface area contributed by atoms with Crippen LogP contribution in [0.1, 0.15) is 23.7 Å². The number of ether oxygens (including phenoxy) is 2. The Morgan fingerprint density at radius 3 is 2.62 bits per heavy atom. The second-order valence-electron chi connectivity index (χ2n) is 7.39. The van der Waals surface area contributed by atoms with Crippen molar-refractivity contribution in [2.45, 2.75) is 13.3 Å². The number of esters is 1. The highest BCUT2D eigenvalue weighted by molar-refractivity contribution is 6.30. The third kappa shape index (κ3) is 7.39. The van der Waals surface area contributed by atoms with Crippen molar-refractivity contribution in [3.8, 4) is 5.75 Å². The van der Waals surface area contributed by atoms with Crippen LogP contribution in [0.5, 0.6) is 5.75 Å². The van der Waals surface area contributed by atoms with Crippen LogP contribution < -0.4 is 15.0 Å². The molecule has 0 spiro atoms. The van der Waals surface area contributed by atoms with Crippen molar-refractivity contribution < 1.29 is 19.1 Å². The molecule has 1 aliphatic rings. The molecule has 2 aromatic rings. The fourth-order valence-corrected chi connectivity index (χ4v) is 3.54. The molecule has 1 N–H and O–H groups in total. The molecule has 1 aromatic carbocycles. The van der Waals surface area contributed by atoms with Gasteiger partial charge in [0.2, 0.25) is 5.91 Å². The molecule has 1 amide bonds. The molecular formula is C23H29ClN4O4. The van der Waals surface area contributed by atoms with Crippen LogP contribution in [0.25, 0.3) is 0 Å². The summed E-state index contributed by atoms with van der Waals surface area (Å²) in [5, 5.41) is 3.56. The first kappa shape index (κ1) is 23.8. The predicted molar refractivity (Wildman–Crippen MR) is 123 cm³/mol. The topological polar surface area (TPSA) is 84.0 Å².